The summed E-state index contributed by atoms with van der Waals surface area (Å²) in [4.78, 5) is 25.9. The van der Waals surface area contributed by atoms with Gasteiger partial charge in [0.05, 0.1) is 17.8 Å². The van der Waals surface area contributed by atoms with E-state index in [0.29, 0.717) is 17.0 Å². The first kappa shape index (κ1) is 18.9. The maximum Gasteiger partial charge on any atom is 0.254 e. The first-order chi connectivity index (χ1) is 12.8. The summed E-state index contributed by atoms with van der Waals surface area (Å²) in [6.45, 7) is 1.32. The smallest absolute Gasteiger partial charge is 0.254 e. The Bertz CT molecular complexity index is 973. The van der Waals surface area contributed by atoms with Crippen LogP contribution < -0.4 is 15.0 Å². The minimum Gasteiger partial charge on any atom is -0.497 e. The summed E-state index contributed by atoms with van der Waals surface area (Å²) in [6.07, 6.45) is 0. The highest BCUT2D eigenvalue weighted by Gasteiger charge is 2.38. The highest BCUT2D eigenvalue weighted by molar-refractivity contribution is 7.91. The maximum absolute atomic E-state index is 12.8. The second-order valence-corrected chi connectivity index (χ2v) is 8.29. The number of nitrogens with zero attached hydrogens (tertiary/aromatic N) is 1. The Balaban J connectivity index is 1.88. The quantitative estimate of drug-likeness (QED) is 0.813. The Morgan fingerprint density at radius 2 is 1.89 bits per heavy atom. The lowest BCUT2D eigenvalue weighted by Gasteiger charge is -2.18. The van der Waals surface area contributed by atoms with Crippen LogP contribution in [0, 0.1) is 0 Å². The number of hydrogen-bond acceptors (Lipinski definition) is 5. The molecule has 2 amide bonds. The van der Waals surface area contributed by atoms with Crippen LogP contribution in [0.15, 0.2) is 53.4 Å². The third kappa shape index (κ3) is 3.80. The summed E-state index contributed by atoms with van der Waals surface area (Å²) >= 11 is 0. The molecule has 8 heteroatoms. The molecule has 0 fully saturated rings. The van der Waals surface area contributed by atoms with Crippen molar-refractivity contribution in [3.63, 3.8) is 0 Å². The molecule has 0 bridgehead atoms. The van der Waals surface area contributed by atoms with Crippen molar-refractivity contribution in [3.05, 3.63) is 54.1 Å². The first-order valence-electron chi connectivity index (χ1n) is 8.37. The van der Waals surface area contributed by atoms with Gasteiger partial charge in [-0.15, -0.1) is 0 Å². The van der Waals surface area contributed by atoms with Gasteiger partial charge in [0.2, 0.25) is 5.91 Å². The molecule has 142 valence electrons. The molecule has 0 saturated carbocycles. The number of ether oxygens (including phenoxy) is 1. The highest BCUT2D eigenvalue weighted by Crippen LogP contribution is 2.38. The van der Waals surface area contributed by atoms with Crippen LogP contribution in [0.1, 0.15) is 18.5 Å². The molecule has 0 radical (unpaired) electrons. The average Bonchev–Trinajstić information content (AvgIpc) is 2.91. The van der Waals surface area contributed by atoms with Gasteiger partial charge in [-0.25, -0.2) is 8.42 Å². The summed E-state index contributed by atoms with van der Waals surface area (Å²) in [5.41, 5.74) is 1.16. The van der Waals surface area contributed by atoms with Gasteiger partial charge in [0.15, 0.2) is 9.84 Å². The largest absolute Gasteiger partial charge is 0.497 e. The molecule has 1 atom stereocenters. The van der Waals surface area contributed by atoms with Crippen molar-refractivity contribution < 1.29 is 22.7 Å². The average molecular weight is 388 g/mol. The van der Waals surface area contributed by atoms with Crippen LogP contribution in [0.2, 0.25) is 0 Å². The van der Waals surface area contributed by atoms with Crippen molar-refractivity contribution in [2.45, 2.75) is 17.9 Å². The molecule has 3 rings (SSSR count). The van der Waals surface area contributed by atoms with Crippen LogP contribution in [-0.4, -0.2) is 39.6 Å². The number of nitrogens with one attached hydrogen (secondary N) is 1. The van der Waals surface area contributed by atoms with E-state index in [4.69, 9.17) is 4.74 Å². The number of fused-ring (bicyclic) bond motifs is 1. The second kappa shape index (κ2) is 7.40. The number of benzene rings is 2. The molecular weight excluding hydrogens is 368 g/mol. The van der Waals surface area contributed by atoms with E-state index in [9.17, 15) is 18.0 Å². The molecule has 0 aromatic heterocycles. The first-order valence-corrected chi connectivity index (χ1v) is 10.0. The minimum atomic E-state index is -3.53. The molecule has 2 aromatic carbocycles. The minimum absolute atomic E-state index is 0.00846. The Morgan fingerprint density at radius 3 is 2.52 bits per heavy atom. The molecule has 7 nitrogen and oxygen atoms in total. The molecular formula is C19H20N2O5S. The normalized spacial score (nSPS) is 16.1. The lowest BCUT2D eigenvalue weighted by molar-refractivity contribution is -0.126. The van der Waals surface area contributed by atoms with Crippen LogP contribution in [0.5, 0.6) is 5.75 Å². The van der Waals surface area contributed by atoms with E-state index in [0.717, 1.165) is 0 Å². The van der Waals surface area contributed by atoms with Gasteiger partial charge in [0.25, 0.3) is 5.91 Å². The summed E-state index contributed by atoms with van der Waals surface area (Å²) < 4.78 is 30.3. The van der Waals surface area contributed by atoms with Gasteiger partial charge in [0.1, 0.15) is 11.8 Å². The number of hydrogen-bond donors (Lipinski definition) is 1. The van der Waals surface area contributed by atoms with E-state index in [1.807, 2.05) is 0 Å². The number of carbonyl (C=O) groups excluding carboxylic acids is 2. The molecule has 27 heavy (non-hydrogen) atoms. The fraction of sp³-hybridized carbons (Fsp3) is 0.263. The van der Waals surface area contributed by atoms with Gasteiger partial charge in [0, 0.05) is 24.7 Å². The van der Waals surface area contributed by atoms with Crippen molar-refractivity contribution >= 4 is 27.3 Å². The van der Waals surface area contributed by atoms with Crippen LogP contribution in [0.4, 0.5) is 5.69 Å². The number of amides is 2. The third-order valence-electron chi connectivity index (χ3n) is 4.38. The highest BCUT2D eigenvalue weighted by atomic mass is 32.2. The molecule has 0 spiro atoms. The number of rotatable bonds is 6. The van der Waals surface area contributed by atoms with Gasteiger partial charge >= 0.3 is 0 Å². The van der Waals surface area contributed by atoms with Gasteiger partial charge in [-0.3, -0.25) is 9.59 Å². The van der Waals surface area contributed by atoms with E-state index in [1.54, 1.807) is 36.4 Å². The molecule has 1 unspecified atom stereocenters. The van der Waals surface area contributed by atoms with E-state index in [-0.39, 0.29) is 29.0 Å². The van der Waals surface area contributed by atoms with Gasteiger partial charge in [-0.1, -0.05) is 18.2 Å². The number of carbonyl (C=O) groups is 2. The van der Waals surface area contributed by atoms with Crippen molar-refractivity contribution in [1.29, 1.82) is 0 Å². The predicted molar refractivity (Wildman–Crippen MR) is 100 cm³/mol. The molecule has 1 N–H and O–H groups in total. The van der Waals surface area contributed by atoms with E-state index < -0.39 is 15.9 Å². The van der Waals surface area contributed by atoms with Gasteiger partial charge in [-0.2, -0.15) is 0 Å². The Labute approximate surface area is 157 Å². The van der Waals surface area contributed by atoms with Crippen molar-refractivity contribution in [1.82, 2.24) is 5.32 Å². The molecule has 1 aliphatic rings. The van der Waals surface area contributed by atoms with Gasteiger partial charge < -0.3 is 15.0 Å². The molecule has 0 saturated heterocycles. The molecule has 0 aliphatic carbocycles. The Morgan fingerprint density at radius 1 is 1.19 bits per heavy atom. The monoisotopic (exact) mass is 388 g/mol. The van der Waals surface area contributed by atoms with E-state index >= 15 is 0 Å². The Hall–Kier alpha value is -2.87. The maximum atomic E-state index is 12.8. The van der Waals surface area contributed by atoms with Crippen molar-refractivity contribution in [3.8, 4) is 5.75 Å². The van der Waals surface area contributed by atoms with Crippen molar-refractivity contribution in [2.75, 3.05) is 24.3 Å². The lowest BCUT2D eigenvalue weighted by Crippen LogP contribution is -2.38. The zero-order valence-electron chi connectivity index (χ0n) is 15.0. The fourth-order valence-corrected chi connectivity index (χ4v) is 4.31. The fourth-order valence-electron chi connectivity index (χ4n) is 3.07. The van der Waals surface area contributed by atoms with Crippen LogP contribution in [-0.2, 0) is 19.4 Å². The zero-order valence-corrected chi connectivity index (χ0v) is 15.8. The molecule has 1 heterocycles. The molecule has 1 aliphatic heterocycles. The van der Waals surface area contributed by atoms with Gasteiger partial charge in [-0.05, 0) is 30.3 Å². The number of methoxy groups -OCH3 is 1. The van der Waals surface area contributed by atoms with E-state index in [2.05, 4.69) is 5.32 Å². The predicted octanol–water partition coefficient (Wildman–Crippen LogP) is 1.69. The molecule has 2 aromatic rings. The third-order valence-corrected chi connectivity index (χ3v) is 6.09. The summed E-state index contributed by atoms with van der Waals surface area (Å²) in [6, 6.07) is 12.3. The second-order valence-electron chi connectivity index (χ2n) is 6.18. The van der Waals surface area contributed by atoms with Crippen LogP contribution >= 0.6 is 0 Å². The van der Waals surface area contributed by atoms with Crippen LogP contribution in [0.3, 0.4) is 0 Å². The topological polar surface area (TPSA) is 92.8 Å². The van der Waals surface area contributed by atoms with Crippen LogP contribution in [0.25, 0.3) is 0 Å². The summed E-state index contributed by atoms with van der Waals surface area (Å²) in [5.74, 6) is -0.380. The summed E-state index contributed by atoms with van der Waals surface area (Å²) in [5, 5.41) is 2.62. The standard InChI is InChI=1S/C19H20N2O5S/c1-13(22)20-18-16-12-14(26-2)8-9-17(16)21(19(18)23)10-11-27(24,25)15-6-4-3-5-7-15/h3-9,12,18H,10-11H2,1-2H3,(H,20,22). The number of sulfone groups is 1. The van der Waals surface area contributed by atoms with E-state index in [1.165, 1.54) is 31.1 Å². The zero-order chi connectivity index (χ0) is 19.6. The van der Waals surface area contributed by atoms with Crippen molar-refractivity contribution in [2.24, 2.45) is 0 Å². The SMILES string of the molecule is COc1ccc2c(c1)C(NC(C)=O)C(=O)N2CCS(=O)(=O)c1ccccc1. The summed E-state index contributed by atoms with van der Waals surface area (Å²) in [7, 11) is -2.02. The lowest BCUT2D eigenvalue weighted by atomic mass is 10.1. The Kier molecular flexibility index (Phi) is 5.18. The number of anilines is 1.